The first-order valence-corrected chi connectivity index (χ1v) is 18.5. The minimum atomic E-state index is -0.705. The van der Waals surface area contributed by atoms with Crippen molar-refractivity contribution in [3.8, 4) is 22.5 Å². The summed E-state index contributed by atoms with van der Waals surface area (Å²) in [6.07, 6.45) is 2.31. The maximum absolute atomic E-state index is 15.5. The molecule has 1 atom stereocenters. The van der Waals surface area contributed by atoms with Crippen LogP contribution < -0.4 is 5.32 Å². The minimum Gasteiger partial charge on any atom is -0.388 e. The second-order valence-electron chi connectivity index (χ2n) is 14.3. The van der Waals surface area contributed by atoms with Gasteiger partial charge < -0.3 is 38.4 Å². The van der Waals surface area contributed by atoms with Crippen LogP contribution in [0.3, 0.4) is 0 Å². The molecule has 56 heavy (non-hydrogen) atoms. The maximum Gasteiger partial charge on any atom is 0.291 e. The second kappa shape index (κ2) is 19.2. The van der Waals surface area contributed by atoms with Crippen LogP contribution in [0.15, 0.2) is 36.5 Å². The smallest absolute Gasteiger partial charge is 0.291 e. The zero-order valence-corrected chi connectivity index (χ0v) is 34.2. The third-order valence-corrected chi connectivity index (χ3v) is 10.3. The topological polar surface area (TPSA) is 154 Å². The normalized spacial score (nSPS) is 16.1. The van der Waals surface area contributed by atoms with Gasteiger partial charge in [0.25, 0.3) is 11.8 Å². The molecule has 1 unspecified atom stereocenters. The number of aromatic nitrogens is 5. The van der Waals surface area contributed by atoms with Crippen LogP contribution in [0.4, 0.5) is 10.1 Å². The molecule has 2 fully saturated rings. The number of likely N-dealkylation sites (tertiary alicyclic amines) is 1. The largest absolute Gasteiger partial charge is 0.388 e. The average Bonchev–Trinajstić information content (AvgIpc) is 3.83. The number of pyridine rings is 1. The number of aryl methyl sites for hydroxylation is 1. The van der Waals surface area contributed by atoms with E-state index in [1.165, 1.54) is 16.8 Å². The average molecular weight is 797 g/mol. The highest BCUT2D eigenvalue weighted by molar-refractivity contribution is 6.34. The zero-order valence-electron chi connectivity index (χ0n) is 33.4. The number of halogens is 2. The fourth-order valence-corrected chi connectivity index (χ4v) is 7.36. The lowest BCUT2D eigenvalue weighted by Gasteiger charge is -2.36. The Morgan fingerprint density at radius 2 is 1.70 bits per heavy atom. The first-order valence-electron chi connectivity index (χ1n) is 18.1. The van der Waals surface area contributed by atoms with Crippen molar-refractivity contribution >= 4 is 41.8 Å². The van der Waals surface area contributed by atoms with E-state index in [-0.39, 0.29) is 34.1 Å². The third-order valence-electron chi connectivity index (χ3n) is 9.94. The third kappa shape index (κ3) is 9.85. The maximum atomic E-state index is 15.5. The number of nitrogens with zero attached hydrogens (tertiary/aromatic N) is 8. The molecular formula is C39H52ClFN9O6+. The van der Waals surface area contributed by atoms with Crippen molar-refractivity contribution in [2.24, 2.45) is 13.0 Å². The van der Waals surface area contributed by atoms with E-state index in [1.54, 1.807) is 57.5 Å². The van der Waals surface area contributed by atoms with Crippen LogP contribution in [0.5, 0.6) is 0 Å². The first kappa shape index (κ1) is 43.7. The van der Waals surface area contributed by atoms with Crippen molar-refractivity contribution < 1.29 is 37.5 Å². The molecule has 0 radical (unpaired) electrons. The molecular weight excluding hydrogens is 745 g/mol. The van der Waals surface area contributed by atoms with Crippen molar-refractivity contribution in [1.29, 1.82) is 0 Å². The minimum absolute atomic E-state index is 0.0318. The summed E-state index contributed by atoms with van der Waals surface area (Å²) in [6, 6.07) is 8.03. The van der Waals surface area contributed by atoms with Gasteiger partial charge in [0.1, 0.15) is 6.79 Å². The molecule has 2 saturated heterocycles. The van der Waals surface area contributed by atoms with Gasteiger partial charge in [0.05, 0.1) is 85.7 Å². The van der Waals surface area contributed by atoms with E-state index < -0.39 is 11.9 Å². The number of imidazole rings is 1. The number of carbonyl (C=O) groups excluding carboxylic acids is 4. The van der Waals surface area contributed by atoms with Crippen LogP contribution in [0.1, 0.15) is 38.8 Å². The van der Waals surface area contributed by atoms with Gasteiger partial charge >= 0.3 is 0 Å². The number of benzene rings is 1. The lowest BCUT2D eigenvalue weighted by molar-refractivity contribution is -0.878. The molecule has 2 aliphatic rings. The van der Waals surface area contributed by atoms with Crippen molar-refractivity contribution in [3.63, 3.8) is 0 Å². The number of hydrogen-bond donors (Lipinski definition) is 1. The van der Waals surface area contributed by atoms with Crippen LogP contribution in [0, 0.1) is 25.7 Å². The quantitative estimate of drug-likeness (QED) is 0.195. The fourth-order valence-electron chi connectivity index (χ4n) is 7.10. The summed E-state index contributed by atoms with van der Waals surface area (Å²) in [5, 5.41) is 7.50. The molecule has 6 rings (SSSR count). The van der Waals surface area contributed by atoms with E-state index in [9.17, 15) is 14.4 Å². The van der Waals surface area contributed by atoms with Gasteiger partial charge in [-0.1, -0.05) is 11.6 Å². The predicted molar refractivity (Wildman–Crippen MR) is 211 cm³/mol. The van der Waals surface area contributed by atoms with Gasteiger partial charge in [-0.15, -0.1) is 0 Å². The van der Waals surface area contributed by atoms with Crippen molar-refractivity contribution in [2.45, 2.75) is 26.8 Å². The van der Waals surface area contributed by atoms with E-state index in [0.717, 1.165) is 40.9 Å². The number of ether oxygens (including phenoxy) is 2. The summed E-state index contributed by atoms with van der Waals surface area (Å²) in [5.41, 5.74) is 4.03. The summed E-state index contributed by atoms with van der Waals surface area (Å²) in [7, 11) is 10.8. The van der Waals surface area contributed by atoms with E-state index in [4.69, 9.17) is 21.1 Å². The van der Waals surface area contributed by atoms with Gasteiger partial charge in [-0.2, -0.15) is 9.49 Å². The van der Waals surface area contributed by atoms with Gasteiger partial charge in [0.15, 0.2) is 5.82 Å². The number of amides is 3. The fraction of sp³-hybridized carbons (Fsp3) is 0.462. The highest BCUT2D eigenvalue weighted by Crippen LogP contribution is 2.30. The predicted octanol–water partition coefficient (Wildman–Crippen LogP) is 4.11. The molecule has 17 heteroatoms. The molecule has 3 amide bonds. The van der Waals surface area contributed by atoms with Gasteiger partial charge in [-0.3, -0.25) is 19.1 Å². The molecule has 1 N–H and O–H groups in total. The lowest BCUT2D eigenvalue weighted by Crippen LogP contribution is -2.52. The number of hydrogen-bond acceptors (Lipinski definition) is 9. The highest BCUT2D eigenvalue weighted by atomic mass is 35.5. The van der Waals surface area contributed by atoms with E-state index >= 15 is 4.39 Å². The number of nitrogens with one attached hydrogen (secondary N) is 1. The summed E-state index contributed by atoms with van der Waals surface area (Å²) in [5.74, 6) is -1.23. The molecule has 2 aliphatic heterocycles. The van der Waals surface area contributed by atoms with Crippen LogP contribution in [-0.4, -0.2) is 144 Å². The van der Waals surface area contributed by atoms with Gasteiger partial charge in [0, 0.05) is 77.9 Å². The molecule has 4 aromatic rings. The standard InChI is InChI=1S/C36H43ClFN9O4.C2H6O.CH2O/c1-22-31(23(2)46(42-22)16-18-51-6)29-10-9-27(32(38)41-29)30-20-39-33(43(30)3)34(48)40-25-7-8-26(28(37)19-25)36(50)45-14-12-44(13-15-45)35(49)24-11-17-47(4,5)21-24;1-3-2;1-2/h7-10,19-20,24H,11-18,21H2,1-6H3;1-2H3;1H2/p+1. The number of methoxy groups -OCH3 is 2. The Balaban J connectivity index is 0.00000133. The number of piperazine rings is 1. The molecule has 0 aliphatic carbocycles. The summed E-state index contributed by atoms with van der Waals surface area (Å²) in [4.78, 5) is 59.8. The molecule has 15 nitrogen and oxygen atoms in total. The Morgan fingerprint density at radius 3 is 2.29 bits per heavy atom. The molecule has 0 spiro atoms. The van der Waals surface area contributed by atoms with Gasteiger partial charge in [-0.05, 0) is 44.2 Å². The van der Waals surface area contributed by atoms with E-state index in [2.05, 4.69) is 39.2 Å². The monoisotopic (exact) mass is 796 g/mol. The van der Waals surface area contributed by atoms with Gasteiger partial charge in [-0.25, -0.2) is 9.97 Å². The van der Waals surface area contributed by atoms with Crippen LogP contribution >= 0.6 is 11.6 Å². The molecule has 0 bridgehead atoms. The van der Waals surface area contributed by atoms with Crippen LogP contribution in [0.25, 0.3) is 22.5 Å². The summed E-state index contributed by atoms with van der Waals surface area (Å²) in [6.45, 7) is 10.5. The Morgan fingerprint density at radius 1 is 1.04 bits per heavy atom. The van der Waals surface area contributed by atoms with Gasteiger partial charge in [0.2, 0.25) is 11.9 Å². The number of quaternary nitrogens is 1. The zero-order chi connectivity index (χ0) is 41.3. The van der Waals surface area contributed by atoms with E-state index in [1.807, 2.05) is 30.2 Å². The van der Waals surface area contributed by atoms with Crippen molar-refractivity contribution in [2.75, 3.05) is 86.6 Å². The SMILES string of the molecule is C=O.COC.COCCn1nc(C)c(-c2ccc(-c3cnc(C(=O)Nc4ccc(C(=O)N5CCN(C(=O)C6CC[N+](C)(C)C6)CC5)c(Cl)c4)n3C)c(F)n2)c1C. The molecule has 5 heterocycles. The second-order valence-corrected chi connectivity index (χ2v) is 14.7. The molecule has 3 aromatic heterocycles. The molecule has 302 valence electrons. The Hall–Kier alpha value is -5.03. The molecule has 0 saturated carbocycles. The first-order chi connectivity index (χ1) is 26.7. The lowest BCUT2D eigenvalue weighted by atomic mass is 10.1. The Kier molecular flexibility index (Phi) is 15.0. The number of rotatable bonds is 9. The summed E-state index contributed by atoms with van der Waals surface area (Å²) < 4.78 is 29.1. The number of anilines is 1. The number of carbonyl (C=O) groups is 4. The Bertz CT molecular complexity index is 2030. The van der Waals surface area contributed by atoms with Crippen LogP contribution in [-0.2, 0) is 32.7 Å². The molecule has 1 aromatic carbocycles. The highest BCUT2D eigenvalue weighted by Gasteiger charge is 2.38. The van der Waals surface area contributed by atoms with E-state index in [0.29, 0.717) is 62.0 Å². The Labute approximate surface area is 331 Å². The summed E-state index contributed by atoms with van der Waals surface area (Å²) >= 11 is 6.55. The van der Waals surface area contributed by atoms with Crippen molar-refractivity contribution in [3.05, 3.63) is 70.3 Å². The van der Waals surface area contributed by atoms with Crippen molar-refractivity contribution in [1.82, 2.24) is 34.1 Å². The van der Waals surface area contributed by atoms with Crippen LogP contribution in [0.2, 0.25) is 5.02 Å².